The van der Waals surface area contributed by atoms with Crippen LogP contribution in [0.15, 0.2) is 204 Å². The van der Waals surface area contributed by atoms with Crippen LogP contribution in [0.2, 0.25) is 0 Å². The van der Waals surface area contributed by atoms with Gasteiger partial charge in [0.05, 0.1) is 56.9 Å². The molecule has 0 bridgehead atoms. The molecule has 8 aromatic rings. The van der Waals surface area contributed by atoms with E-state index in [0.717, 1.165) is 91.0 Å². The minimum Gasteiger partial charge on any atom is -0.457 e. The zero-order valence-corrected chi connectivity index (χ0v) is 30.6. The molecule has 7 nitrogen and oxygen atoms in total. The number of hydrogen-bond donors (Lipinski definition) is 0. The number of nitrogens with zero attached hydrogens (tertiary/aromatic N) is 6. The first-order chi connectivity index (χ1) is 28.3. The minimum absolute atomic E-state index is 0.716. The number of para-hydroxylation sites is 8. The van der Waals surface area contributed by atoms with Gasteiger partial charge in [0, 0.05) is 34.4 Å². The Hall–Kier alpha value is -7.90. The molecule has 4 aliphatic rings. The molecule has 7 heteroatoms. The van der Waals surface area contributed by atoms with E-state index >= 15 is 0 Å². The van der Waals surface area contributed by atoms with Crippen molar-refractivity contribution in [1.29, 1.82) is 0 Å². The summed E-state index contributed by atoms with van der Waals surface area (Å²) in [5.41, 5.74) is 14.7. The Kier molecular flexibility index (Phi) is 6.79. The van der Waals surface area contributed by atoms with Gasteiger partial charge < -0.3 is 4.74 Å². The highest BCUT2D eigenvalue weighted by Gasteiger charge is 2.39. The van der Waals surface area contributed by atoms with Gasteiger partial charge in [-0.2, -0.15) is 0 Å². The van der Waals surface area contributed by atoms with E-state index in [1.54, 1.807) is 0 Å². The van der Waals surface area contributed by atoms with Crippen LogP contribution in [0.4, 0.5) is 56.9 Å². The van der Waals surface area contributed by atoms with Crippen molar-refractivity contribution in [2.24, 2.45) is 9.98 Å². The summed E-state index contributed by atoms with van der Waals surface area (Å²) in [7, 11) is 0. The molecule has 4 heterocycles. The van der Waals surface area contributed by atoms with Crippen LogP contribution in [0.5, 0.6) is 11.5 Å². The zero-order valence-electron chi connectivity index (χ0n) is 30.6. The molecule has 0 amide bonds. The van der Waals surface area contributed by atoms with Gasteiger partial charge in [-0.05, 0) is 72.8 Å². The van der Waals surface area contributed by atoms with Crippen molar-refractivity contribution in [2.75, 3.05) is 19.6 Å². The average Bonchev–Trinajstić information content (AvgIpc) is 3.65. The SMILES string of the molecule is c1cc(Oc2cccc(N3C4=Nc5ccccc5-c5ccccc5N4c4ccccc43)c2)cc(N2C3=Nc4ccccc4-c4ccccc4N3c3ccccc32)c1. The number of hydrogen-bond acceptors (Lipinski definition) is 7. The van der Waals surface area contributed by atoms with E-state index in [9.17, 15) is 0 Å². The first-order valence-electron chi connectivity index (χ1n) is 19.1. The van der Waals surface area contributed by atoms with Crippen LogP contribution in [-0.4, -0.2) is 11.9 Å². The Labute approximate surface area is 329 Å². The van der Waals surface area contributed by atoms with E-state index in [1.165, 1.54) is 0 Å². The normalized spacial score (nSPS) is 14.0. The molecule has 0 saturated carbocycles. The summed E-state index contributed by atoms with van der Waals surface area (Å²) in [5, 5.41) is 0. The third kappa shape index (κ3) is 4.79. The van der Waals surface area contributed by atoms with E-state index in [-0.39, 0.29) is 0 Å². The first-order valence-corrected chi connectivity index (χ1v) is 19.1. The van der Waals surface area contributed by atoms with Crippen molar-refractivity contribution in [3.05, 3.63) is 194 Å². The van der Waals surface area contributed by atoms with Crippen LogP contribution in [0, 0.1) is 0 Å². The fourth-order valence-electron chi connectivity index (χ4n) is 8.61. The second-order valence-corrected chi connectivity index (χ2v) is 14.3. The van der Waals surface area contributed by atoms with Gasteiger partial charge in [-0.1, -0.05) is 109 Å². The number of ether oxygens (including phenoxy) is 1. The Bertz CT molecular complexity index is 2800. The van der Waals surface area contributed by atoms with Gasteiger partial charge in [0.1, 0.15) is 11.5 Å². The number of rotatable bonds is 4. The molecule has 268 valence electrons. The lowest BCUT2D eigenvalue weighted by Crippen LogP contribution is -2.32. The summed E-state index contributed by atoms with van der Waals surface area (Å²) >= 11 is 0. The standard InChI is InChI=1S/C50H32N6O/c1-5-23-41-37(19-1)39-21-3-7-25-43(39)55-47-29-11-9-27-45(47)53(49(55)51-41)33-15-13-17-35(31-33)57-36-18-14-16-34(32-36)54-46-28-10-12-30-48(46)56-44-26-8-4-22-40(44)38-20-2-6-24-42(38)52-50(54)56/h1-32H. The van der Waals surface area contributed by atoms with Gasteiger partial charge >= 0.3 is 0 Å². The topological polar surface area (TPSA) is 46.9 Å². The number of benzene rings is 8. The van der Waals surface area contributed by atoms with Crippen LogP contribution >= 0.6 is 0 Å². The van der Waals surface area contributed by atoms with Gasteiger partial charge in [-0.3, -0.25) is 19.6 Å². The highest BCUT2D eigenvalue weighted by molar-refractivity contribution is 6.27. The highest BCUT2D eigenvalue weighted by Crippen LogP contribution is 2.53. The molecule has 0 spiro atoms. The van der Waals surface area contributed by atoms with Crippen LogP contribution in [0.1, 0.15) is 0 Å². The van der Waals surface area contributed by atoms with E-state index in [4.69, 9.17) is 14.7 Å². The maximum atomic E-state index is 6.74. The van der Waals surface area contributed by atoms with Crippen LogP contribution in [0.25, 0.3) is 22.3 Å². The molecule has 0 unspecified atom stereocenters. The molecule has 0 saturated heterocycles. The van der Waals surface area contributed by atoms with Crippen molar-refractivity contribution in [1.82, 2.24) is 0 Å². The Balaban J connectivity index is 0.937. The quantitative estimate of drug-likeness (QED) is 0.180. The third-order valence-corrected chi connectivity index (χ3v) is 11.0. The van der Waals surface area contributed by atoms with Crippen molar-refractivity contribution in [3.63, 3.8) is 0 Å². The van der Waals surface area contributed by atoms with Crippen LogP contribution in [0.3, 0.4) is 0 Å². The maximum Gasteiger partial charge on any atom is 0.220 e. The Morgan fingerprint density at radius 2 is 0.649 bits per heavy atom. The number of fused-ring (bicyclic) bond motifs is 14. The number of anilines is 8. The molecule has 0 aromatic heterocycles. The van der Waals surface area contributed by atoms with E-state index in [1.807, 2.05) is 24.3 Å². The molecule has 0 N–H and O–H groups in total. The maximum absolute atomic E-state index is 6.74. The lowest BCUT2D eigenvalue weighted by atomic mass is 10.0. The smallest absolute Gasteiger partial charge is 0.220 e. The van der Waals surface area contributed by atoms with Crippen LogP contribution in [-0.2, 0) is 0 Å². The molecule has 0 radical (unpaired) electrons. The van der Waals surface area contributed by atoms with E-state index in [0.29, 0.717) is 11.5 Å². The molecule has 8 aromatic carbocycles. The van der Waals surface area contributed by atoms with Gasteiger partial charge in [0.2, 0.25) is 11.9 Å². The van der Waals surface area contributed by atoms with E-state index < -0.39 is 0 Å². The van der Waals surface area contributed by atoms with Crippen molar-refractivity contribution >= 4 is 68.8 Å². The van der Waals surface area contributed by atoms with Gasteiger partial charge in [-0.15, -0.1) is 0 Å². The molecular weight excluding hydrogens is 701 g/mol. The summed E-state index contributed by atoms with van der Waals surface area (Å²) in [5.74, 6) is 3.07. The molecule has 4 aliphatic heterocycles. The van der Waals surface area contributed by atoms with Crippen molar-refractivity contribution < 1.29 is 4.74 Å². The van der Waals surface area contributed by atoms with Gasteiger partial charge in [0.15, 0.2) is 0 Å². The fraction of sp³-hybridized carbons (Fsp3) is 0. The second kappa shape index (κ2) is 12.3. The molecule has 0 fully saturated rings. The summed E-state index contributed by atoms with van der Waals surface area (Å²) in [6.45, 7) is 0. The predicted molar refractivity (Wildman–Crippen MR) is 232 cm³/mol. The summed E-state index contributed by atoms with van der Waals surface area (Å²) in [6.07, 6.45) is 0. The first kappa shape index (κ1) is 31.5. The third-order valence-electron chi connectivity index (χ3n) is 11.0. The molecule has 12 rings (SSSR count). The summed E-state index contributed by atoms with van der Waals surface area (Å²) < 4.78 is 6.74. The number of aliphatic imine (C=N–C) groups is 2. The average molecular weight is 733 g/mol. The van der Waals surface area contributed by atoms with Crippen molar-refractivity contribution in [2.45, 2.75) is 0 Å². The van der Waals surface area contributed by atoms with Crippen molar-refractivity contribution in [3.8, 4) is 33.8 Å². The molecule has 0 atom stereocenters. The van der Waals surface area contributed by atoms with E-state index in [2.05, 4.69) is 189 Å². The monoisotopic (exact) mass is 732 g/mol. The van der Waals surface area contributed by atoms with Crippen LogP contribution < -0.4 is 24.3 Å². The van der Waals surface area contributed by atoms with Gasteiger partial charge in [-0.25, -0.2) is 9.98 Å². The molecule has 0 aliphatic carbocycles. The minimum atomic E-state index is 0.716. The second-order valence-electron chi connectivity index (χ2n) is 14.3. The zero-order chi connectivity index (χ0) is 37.5. The molecular formula is C50H32N6O. The highest BCUT2D eigenvalue weighted by atomic mass is 16.5. The lowest BCUT2D eigenvalue weighted by molar-refractivity contribution is 0.483. The van der Waals surface area contributed by atoms with Gasteiger partial charge in [0.25, 0.3) is 0 Å². The number of guanidine groups is 2. The fourth-order valence-corrected chi connectivity index (χ4v) is 8.61. The predicted octanol–water partition coefficient (Wildman–Crippen LogP) is 13.4. The largest absolute Gasteiger partial charge is 0.457 e. The Morgan fingerprint density at radius 1 is 0.298 bits per heavy atom. The molecule has 57 heavy (non-hydrogen) atoms. The summed E-state index contributed by atoms with van der Waals surface area (Å²) in [4.78, 5) is 19.7. The lowest BCUT2D eigenvalue weighted by Gasteiger charge is -2.24. The summed E-state index contributed by atoms with van der Waals surface area (Å²) in [6, 6.07) is 67.3. The Morgan fingerprint density at radius 3 is 1.09 bits per heavy atom.